The molecule has 1 aromatic rings. The van der Waals surface area contributed by atoms with Crippen molar-refractivity contribution in [3.8, 4) is 0 Å². The van der Waals surface area contributed by atoms with Gasteiger partial charge in [0.2, 0.25) is 0 Å². The fourth-order valence-electron chi connectivity index (χ4n) is 2.54. The minimum absolute atomic E-state index is 1.05. The Morgan fingerprint density at radius 1 is 1.06 bits per heavy atom. The SMILES string of the molecule is BC1CCCC1.c1ccc2c(c1)CCCN2. The molecule has 2 heteroatoms. The molecule has 3 rings (SSSR count). The molecule has 1 aliphatic heterocycles. The predicted octanol–water partition coefficient (Wildman–Crippen LogP) is 3.03. The second kappa shape index (κ2) is 5.98. The Kier molecular flexibility index (Phi) is 4.32. The van der Waals surface area contributed by atoms with Gasteiger partial charge in [0.15, 0.2) is 0 Å². The molecule has 0 amide bonds. The predicted molar refractivity (Wildman–Crippen MR) is 74.0 cm³/mol. The second-order valence-electron chi connectivity index (χ2n) is 5.08. The number of benzene rings is 1. The molecule has 1 heterocycles. The van der Waals surface area contributed by atoms with Crippen LogP contribution in [-0.2, 0) is 6.42 Å². The van der Waals surface area contributed by atoms with Crippen LogP contribution in [0.15, 0.2) is 24.3 Å². The number of para-hydroxylation sites is 1. The minimum Gasteiger partial charge on any atom is -0.385 e. The van der Waals surface area contributed by atoms with Gasteiger partial charge < -0.3 is 5.32 Å². The molecule has 0 atom stereocenters. The molecule has 1 aromatic carbocycles. The van der Waals surface area contributed by atoms with Gasteiger partial charge in [0.25, 0.3) is 0 Å². The molecule has 0 unspecified atom stereocenters. The maximum absolute atomic E-state index is 3.36. The van der Waals surface area contributed by atoms with E-state index in [1.165, 1.54) is 49.8 Å². The van der Waals surface area contributed by atoms with Crippen molar-refractivity contribution < 1.29 is 0 Å². The number of fused-ring (bicyclic) bond motifs is 1. The summed E-state index contributed by atoms with van der Waals surface area (Å²) in [6.45, 7) is 1.14. The lowest BCUT2D eigenvalue weighted by Crippen LogP contribution is -2.10. The van der Waals surface area contributed by atoms with Crippen LogP contribution in [0, 0.1) is 0 Å². The fraction of sp³-hybridized carbons (Fsp3) is 0.571. The Balaban J connectivity index is 0.000000138. The van der Waals surface area contributed by atoms with E-state index in [0.29, 0.717) is 0 Å². The first kappa shape index (κ1) is 11.6. The molecule has 1 aliphatic carbocycles. The number of nitrogens with one attached hydrogen (secondary N) is 1. The summed E-state index contributed by atoms with van der Waals surface area (Å²) < 4.78 is 0. The topological polar surface area (TPSA) is 12.0 Å². The lowest BCUT2D eigenvalue weighted by Gasteiger charge is -2.16. The smallest absolute Gasteiger partial charge is 0.105 e. The van der Waals surface area contributed by atoms with E-state index < -0.39 is 0 Å². The number of hydrogen-bond acceptors (Lipinski definition) is 1. The highest BCUT2D eigenvalue weighted by Gasteiger charge is 2.07. The van der Waals surface area contributed by atoms with E-state index in [4.69, 9.17) is 0 Å². The van der Waals surface area contributed by atoms with Crippen molar-refractivity contribution in [1.82, 2.24) is 0 Å². The Morgan fingerprint density at radius 3 is 2.44 bits per heavy atom. The van der Waals surface area contributed by atoms with E-state index in [0.717, 1.165) is 12.4 Å². The van der Waals surface area contributed by atoms with Gasteiger partial charge in [0.1, 0.15) is 7.85 Å². The standard InChI is InChI=1S/C9H11N.C5H11B/c1-2-6-9-8(4-1)5-3-7-10-9;6-5-3-1-2-4-5/h1-2,4,6,10H,3,5,7H2;5H,1-4,6H2. The molecule has 0 aromatic heterocycles. The lowest BCUT2D eigenvalue weighted by atomic mass is 9.86. The summed E-state index contributed by atoms with van der Waals surface area (Å²) in [6.07, 6.45) is 8.46. The van der Waals surface area contributed by atoms with Crippen molar-refractivity contribution in [1.29, 1.82) is 0 Å². The number of aryl methyl sites for hydroxylation is 1. The normalized spacial score (nSPS) is 19.2. The van der Waals surface area contributed by atoms with Gasteiger partial charge in [-0.25, -0.2) is 0 Å². The van der Waals surface area contributed by atoms with Crippen LogP contribution in [0.3, 0.4) is 0 Å². The summed E-state index contributed by atoms with van der Waals surface area (Å²) in [5.74, 6) is 1.05. The quantitative estimate of drug-likeness (QED) is 0.656. The van der Waals surface area contributed by atoms with E-state index in [-0.39, 0.29) is 0 Å². The van der Waals surface area contributed by atoms with Crippen LogP contribution in [0.1, 0.15) is 37.7 Å². The van der Waals surface area contributed by atoms with E-state index in [1.807, 2.05) is 0 Å². The van der Waals surface area contributed by atoms with Crippen molar-refractivity contribution in [2.45, 2.75) is 44.3 Å². The molecule has 16 heavy (non-hydrogen) atoms. The number of anilines is 1. The third-order valence-electron chi connectivity index (χ3n) is 3.60. The van der Waals surface area contributed by atoms with Gasteiger partial charge in [-0.15, -0.1) is 0 Å². The van der Waals surface area contributed by atoms with E-state index in [2.05, 4.69) is 37.4 Å². The largest absolute Gasteiger partial charge is 0.385 e. The van der Waals surface area contributed by atoms with Crippen molar-refractivity contribution in [2.24, 2.45) is 0 Å². The average Bonchev–Trinajstić information content (AvgIpc) is 2.81. The highest BCUT2D eigenvalue weighted by atomic mass is 14.9. The molecular weight excluding hydrogens is 193 g/mol. The van der Waals surface area contributed by atoms with Gasteiger partial charge in [0, 0.05) is 12.2 Å². The van der Waals surface area contributed by atoms with Gasteiger partial charge >= 0.3 is 0 Å². The summed E-state index contributed by atoms with van der Waals surface area (Å²) >= 11 is 0. The maximum atomic E-state index is 3.36. The fourth-order valence-corrected chi connectivity index (χ4v) is 2.54. The first-order valence-corrected chi connectivity index (χ1v) is 6.68. The van der Waals surface area contributed by atoms with Crippen LogP contribution in [0.25, 0.3) is 0 Å². The summed E-state index contributed by atoms with van der Waals surface area (Å²) in [6, 6.07) is 8.53. The number of hydrogen-bond donors (Lipinski definition) is 1. The third kappa shape index (κ3) is 3.29. The monoisotopic (exact) mass is 215 g/mol. The number of rotatable bonds is 0. The van der Waals surface area contributed by atoms with Crippen molar-refractivity contribution >= 4 is 13.5 Å². The first-order chi connectivity index (χ1) is 7.86. The molecule has 0 radical (unpaired) electrons. The highest BCUT2D eigenvalue weighted by molar-refractivity contribution is 6.11. The van der Waals surface area contributed by atoms with Crippen molar-refractivity contribution in [2.75, 3.05) is 11.9 Å². The van der Waals surface area contributed by atoms with Crippen LogP contribution >= 0.6 is 0 Å². The van der Waals surface area contributed by atoms with Crippen molar-refractivity contribution in [3.05, 3.63) is 29.8 Å². The second-order valence-corrected chi connectivity index (χ2v) is 5.08. The summed E-state index contributed by atoms with van der Waals surface area (Å²) in [5, 5.41) is 3.36. The van der Waals surface area contributed by atoms with E-state index in [1.54, 1.807) is 0 Å². The van der Waals surface area contributed by atoms with Gasteiger partial charge in [-0.05, 0) is 24.5 Å². The van der Waals surface area contributed by atoms with Crippen LogP contribution in [0.5, 0.6) is 0 Å². The van der Waals surface area contributed by atoms with Gasteiger partial charge in [-0.1, -0.05) is 49.7 Å². The molecule has 2 aliphatic rings. The first-order valence-electron chi connectivity index (χ1n) is 6.68. The maximum Gasteiger partial charge on any atom is 0.105 e. The molecule has 0 bridgehead atoms. The molecule has 86 valence electrons. The van der Waals surface area contributed by atoms with Crippen molar-refractivity contribution in [3.63, 3.8) is 0 Å². The Hall–Kier alpha value is -0.915. The van der Waals surface area contributed by atoms with Crippen LogP contribution in [0.4, 0.5) is 5.69 Å². The van der Waals surface area contributed by atoms with Crippen LogP contribution in [0.2, 0.25) is 5.82 Å². The summed E-state index contributed by atoms with van der Waals surface area (Å²) in [7, 11) is 2.34. The Morgan fingerprint density at radius 2 is 1.81 bits per heavy atom. The zero-order valence-corrected chi connectivity index (χ0v) is 10.3. The van der Waals surface area contributed by atoms with E-state index in [9.17, 15) is 0 Å². The van der Waals surface area contributed by atoms with Gasteiger partial charge in [-0.3, -0.25) is 0 Å². The zero-order valence-electron chi connectivity index (χ0n) is 10.3. The molecule has 1 saturated carbocycles. The minimum atomic E-state index is 1.05. The summed E-state index contributed by atoms with van der Waals surface area (Å²) in [5.41, 5.74) is 2.79. The molecular formula is C14H22BN. The zero-order chi connectivity index (χ0) is 11.2. The molecule has 1 nitrogen and oxygen atoms in total. The van der Waals surface area contributed by atoms with Crippen LogP contribution < -0.4 is 5.32 Å². The average molecular weight is 215 g/mol. The molecule has 0 spiro atoms. The van der Waals surface area contributed by atoms with Gasteiger partial charge in [-0.2, -0.15) is 0 Å². The Labute approximate surface area is 100 Å². The Bertz CT molecular complexity index is 293. The third-order valence-corrected chi connectivity index (χ3v) is 3.60. The molecule has 1 N–H and O–H groups in total. The van der Waals surface area contributed by atoms with Gasteiger partial charge in [0.05, 0.1) is 0 Å². The lowest BCUT2D eigenvalue weighted by molar-refractivity contribution is 0.830. The molecule has 1 fully saturated rings. The summed E-state index contributed by atoms with van der Waals surface area (Å²) in [4.78, 5) is 0. The van der Waals surface area contributed by atoms with Crippen LogP contribution in [-0.4, -0.2) is 14.4 Å². The van der Waals surface area contributed by atoms with E-state index >= 15 is 0 Å². The molecule has 0 saturated heterocycles. The highest BCUT2D eigenvalue weighted by Crippen LogP contribution is 2.26.